The van der Waals surface area contributed by atoms with E-state index in [9.17, 15) is 9.59 Å². The van der Waals surface area contributed by atoms with Crippen molar-refractivity contribution < 1.29 is 0 Å². The monoisotopic (exact) mass is 305 g/mol. The molecule has 3 rings (SSSR count). The van der Waals surface area contributed by atoms with E-state index in [1.165, 1.54) is 49.4 Å². The van der Waals surface area contributed by atoms with Gasteiger partial charge in [-0.3, -0.25) is 9.78 Å². The second-order valence-corrected chi connectivity index (χ2v) is 7.46. The Bertz CT molecular complexity index is 615. The van der Waals surface area contributed by atoms with Gasteiger partial charge in [-0.1, -0.05) is 32.6 Å². The van der Waals surface area contributed by atoms with Gasteiger partial charge in [-0.15, -0.1) is 0 Å². The molecule has 0 aliphatic heterocycles. The summed E-state index contributed by atoms with van der Waals surface area (Å²) in [4.78, 5) is 25.5. The first-order chi connectivity index (χ1) is 10.6. The molecule has 0 amide bonds. The maximum absolute atomic E-state index is 12.0. The Hall–Kier alpha value is -1.39. The summed E-state index contributed by atoms with van der Waals surface area (Å²) in [5.74, 6) is 0.847. The number of aromatic amines is 1. The van der Waals surface area contributed by atoms with Gasteiger partial charge in [0.1, 0.15) is 6.20 Å². The van der Waals surface area contributed by atoms with Crippen molar-refractivity contribution in [2.75, 3.05) is 0 Å². The summed E-state index contributed by atoms with van der Waals surface area (Å²) in [5, 5.41) is 4.06. The highest BCUT2D eigenvalue weighted by atomic mass is 16.2. The third kappa shape index (κ3) is 3.18. The van der Waals surface area contributed by atoms with Gasteiger partial charge in [0.2, 0.25) is 0 Å². The van der Waals surface area contributed by atoms with E-state index in [2.05, 4.69) is 17.0 Å². The lowest BCUT2D eigenvalue weighted by molar-refractivity contribution is 0.114. The second kappa shape index (κ2) is 6.39. The minimum absolute atomic E-state index is 0.134. The number of nitrogens with one attached hydrogen (secondary N) is 1. The zero-order valence-corrected chi connectivity index (χ0v) is 13.5. The predicted octanol–water partition coefficient (Wildman–Crippen LogP) is 3.02. The number of nitrogens with zero attached hydrogens (tertiary/aromatic N) is 2. The van der Waals surface area contributed by atoms with Crippen LogP contribution in [0, 0.1) is 11.3 Å². The highest BCUT2D eigenvalue weighted by Crippen LogP contribution is 2.48. The number of hydrogen-bond acceptors (Lipinski definition) is 3. The molecule has 0 radical (unpaired) electrons. The van der Waals surface area contributed by atoms with Gasteiger partial charge in [0.05, 0.1) is 6.04 Å². The van der Waals surface area contributed by atoms with Crippen molar-refractivity contribution in [1.29, 1.82) is 0 Å². The largest absolute Gasteiger partial charge is 0.345 e. The van der Waals surface area contributed by atoms with Crippen LogP contribution in [0.25, 0.3) is 0 Å². The first kappa shape index (κ1) is 15.5. The van der Waals surface area contributed by atoms with Crippen LogP contribution in [0.5, 0.6) is 0 Å². The van der Waals surface area contributed by atoms with E-state index < -0.39 is 5.56 Å². The summed E-state index contributed by atoms with van der Waals surface area (Å²) < 4.78 is 1.49. The summed E-state index contributed by atoms with van der Waals surface area (Å²) in [6, 6.07) is 0.134. The molecule has 122 valence electrons. The highest BCUT2D eigenvalue weighted by molar-refractivity contribution is 4.89. The SMILES string of the molecule is CC1(C2CCCCC2)CCCC(n2ncc(=O)[nH]c2=O)CC1. The molecule has 0 bridgehead atoms. The van der Waals surface area contributed by atoms with Crippen LogP contribution in [-0.2, 0) is 0 Å². The van der Waals surface area contributed by atoms with Crippen LogP contribution in [0.1, 0.15) is 77.2 Å². The molecule has 5 heteroatoms. The molecule has 2 aliphatic carbocycles. The quantitative estimate of drug-likeness (QED) is 0.854. The lowest BCUT2D eigenvalue weighted by atomic mass is 9.66. The summed E-state index contributed by atoms with van der Waals surface area (Å²) in [6.07, 6.45) is 13.7. The number of rotatable bonds is 2. The lowest BCUT2D eigenvalue weighted by Crippen LogP contribution is -2.34. The fourth-order valence-corrected chi connectivity index (χ4v) is 4.58. The molecule has 1 aromatic heterocycles. The van der Waals surface area contributed by atoms with E-state index in [1.807, 2.05) is 0 Å². The molecule has 2 saturated carbocycles. The maximum atomic E-state index is 12.0. The average Bonchev–Trinajstić information content (AvgIpc) is 2.71. The minimum Gasteiger partial charge on any atom is -0.271 e. The molecule has 1 N–H and O–H groups in total. The van der Waals surface area contributed by atoms with Crippen molar-refractivity contribution in [3.63, 3.8) is 0 Å². The molecule has 2 aliphatic rings. The van der Waals surface area contributed by atoms with Crippen molar-refractivity contribution >= 4 is 0 Å². The third-order valence-corrected chi connectivity index (χ3v) is 6.01. The molecule has 5 nitrogen and oxygen atoms in total. The lowest BCUT2D eigenvalue weighted by Gasteiger charge is -2.39. The standard InChI is InChI=1S/C17H27N3O2/c1-17(13-6-3-2-4-7-13)10-5-8-14(9-11-17)20-16(22)19-15(21)12-18-20/h12-14H,2-11H2,1H3,(H,19,21,22). The van der Waals surface area contributed by atoms with Crippen molar-refractivity contribution in [1.82, 2.24) is 14.8 Å². The van der Waals surface area contributed by atoms with E-state index in [0.29, 0.717) is 5.41 Å². The number of H-pyrrole nitrogens is 1. The summed E-state index contributed by atoms with van der Waals surface area (Å²) in [5.41, 5.74) is -0.360. The van der Waals surface area contributed by atoms with Gasteiger partial charge >= 0.3 is 5.69 Å². The van der Waals surface area contributed by atoms with E-state index >= 15 is 0 Å². The first-order valence-electron chi connectivity index (χ1n) is 8.77. The van der Waals surface area contributed by atoms with Crippen LogP contribution < -0.4 is 11.2 Å². The van der Waals surface area contributed by atoms with E-state index in [-0.39, 0.29) is 11.7 Å². The van der Waals surface area contributed by atoms with E-state index in [1.54, 1.807) is 0 Å². The van der Waals surface area contributed by atoms with Crippen LogP contribution in [0.3, 0.4) is 0 Å². The summed E-state index contributed by atoms with van der Waals surface area (Å²) in [6.45, 7) is 2.45. The predicted molar refractivity (Wildman–Crippen MR) is 85.9 cm³/mol. The van der Waals surface area contributed by atoms with Crippen LogP contribution in [0.4, 0.5) is 0 Å². The minimum atomic E-state index is -0.415. The topological polar surface area (TPSA) is 67.8 Å². The van der Waals surface area contributed by atoms with Crippen LogP contribution >= 0.6 is 0 Å². The zero-order valence-electron chi connectivity index (χ0n) is 13.5. The Balaban J connectivity index is 1.74. The average molecular weight is 305 g/mol. The van der Waals surface area contributed by atoms with E-state index in [4.69, 9.17) is 0 Å². The van der Waals surface area contributed by atoms with Gasteiger partial charge in [-0.2, -0.15) is 5.10 Å². The van der Waals surface area contributed by atoms with Gasteiger partial charge < -0.3 is 0 Å². The smallest absolute Gasteiger partial charge is 0.271 e. The molecule has 1 aromatic rings. The van der Waals surface area contributed by atoms with E-state index in [0.717, 1.165) is 31.6 Å². The van der Waals surface area contributed by atoms with Crippen molar-refractivity contribution in [2.24, 2.45) is 11.3 Å². The van der Waals surface area contributed by atoms with Crippen LogP contribution in [0.2, 0.25) is 0 Å². The van der Waals surface area contributed by atoms with Crippen molar-refractivity contribution in [3.05, 3.63) is 27.0 Å². The molecule has 1 heterocycles. The molecular formula is C17H27N3O2. The Morgan fingerprint density at radius 3 is 2.59 bits per heavy atom. The fraction of sp³-hybridized carbons (Fsp3) is 0.824. The Kier molecular flexibility index (Phi) is 4.50. The van der Waals surface area contributed by atoms with Gasteiger partial charge in [-0.25, -0.2) is 9.48 Å². The summed E-state index contributed by atoms with van der Waals surface area (Å²) >= 11 is 0. The van der Waals surface area contributed by atoms with Crippen molar-refractivity contribution in [3.8, 4) is 0 Å². The second-order valence-electron chi connectivity index (χ2n) is 7.46. The van der Waals surface area contributed by atoms with Gasteiger partial charge in [0.25, 0.3) is 5.56 Å². The zero-order chi connectivity index (χ0) is 15.6. The van der Waals surface area contributed by atoms with Crippen LogP contribution in [-0.4, -0.2) is 14.8 Å². The van der Waals surface area contributed by atoms with Crippen LogP contribution in [0.15, 0.2) is 15.8 Å². The molecule has 2 fully saturated rings. The number of hydrogen-bond donors (Lipinski definition) is 1. The molecule has 0 aromatic carbocycles. The molecule has 0 spiro atoms. The Morgan fingerprint density at radius 2 is 1.86 bits per heavy atom. The van der Waals surface area contributed by atoms with Gasteiger partial charge in [-0.05, 0) is 49.9 Å². The molecule has 0 saturated heterocycles. The fourth-order valence-electron chi connectivity index (χ4n) is 4.58. The Labute approximate surface area is 131 Å². The molecule has 2 atom stereocenters. The molecular weight excluding hydrogens is 278 g/mol. The third-order valence-electron chi connectivity index (χ3n) is 6.01. The first-order valence-corrected chi connectivity index (χ1v) is 8.77. The molecule has 2 unspecified atom stereocenters. The highest BCUT2D eigenvalue weighted by Gasteiger charge is 2.37. The van der Waals surface area contributed by atoms with Gasteiger partial charge in [0, 0.05) is 0 Å². The normalized spacial score (nSPS) is 30.9. The summed E-state index contributed by atoms with van der Waals surface area (Å²) in [7, 11) is 0. The number of aromatic nitrogens is 3. The van der Waals surface area contributed by atoms with Crippen molar-refractivity contribution in [2.45, 2.75) is 77.2 Å². The maximum Gasteiger partial charge on any atom is 0.345 e. The molecule has 22 heavy (non-hydrogen) atoms. The Morgan fingerprint density at radius 1 is 1.09 bits per heavy atom. The van der Waals surface area contributed by atoms with Gasteiger partial charge in [0.15, 0.2) is 0 Å².